The van der Waals surface area contributed by atoms with Gasteiger partial charge in [0.25, 0.3) is 5.91 Å². The van der Waals surface area contributed by atoms with Crippen molar-refractivity contribution in [1.29, 1.82) is 0 Å². The Labute approximate surface area is 148 Å². The number of amides is 1. The quantitative estimate of drug-likeness (QED) is 0.729. The van der Waals surface area contributed by atoms with Crippen molar-refractivity contribution in [2.45, 2.75) is 46.1 Å². The smallest absolute Gasteiger partial charge is 0.308 e. The molecule has 0 bridgehead atoms. The molecule has 25 heavy (non-hydrogen) atoms. The highest BCUT2D eigenvalue weighted by molar-refractivity contribution is 5.95. The Bertz CT molecular complexity index is 616. The molecule has 1 N–H and O–H groups in total. The van der Waals surface area contributed by atoms with Gasteiger partial charge in [0.05, 0.1) is 19.1 Å². The first kappa shape index (κ1) is 19.1. The Morgan fingerprint density at radius 1 is 1.24 bits per heavy atom. The zero-order valence-electron chi connectivity index (χ0n) is 15.2. The Hall–Kier alpha value is -2.24. The van der Waals surface area contributed by atoms with Gasteiger partial charge in [0.1, 0.15) is 0 Å². The van der Waals surface area contributed by atoms with Crippen molar-refractivity contribution in [2.75, 3.05) is 19.8 Å². The average molecular weight is 349 g/mol. The highest BCUT2D eigenvalue weighted by atomic mass is 16.5. The summed E-state index contributed by atoms with van der Waals surface area (Å²) < 4.78 is 11.3. The SMILES string of the molecule is CCCCOc1ccc(C(=O)N2CCC(C(=O)O)C2C)cc1OCC. The number of ether oxygens (including phenoxy) is 2. The van der Waals surface area contributed by atoms with Crippen LogP contribution in [0.3, 0.4) is 0 Å². The van der Waals surface area contributed by atoms with E-state index >= 15 is 0 Å². The average Bonchev–Trinajstić information content (AvgIpc) is 2.97. The first-order valence-corrected chi connectivity index (χ1v) is 8.93. The monoisotopic (exact) mass is 349 g/mol. The second kappa shape index (κ2) is 8.74. The highest BCUT2D eigenvalue weighted by Gasteiger charge is 2.38. The molecule has 0 aromatic heterocycles. The normalized spacial score (nSPS) is 19.7. The van der Waals surface area contributed by atoms with E-state index in [4.69, 9.17) is 9.47 Å². The van der Waals surface area contributed by atoms with Crippen molar-refractivity contribution in [1.82, 2.24) is 4.90 Å². The van der Waals surface area contributed by atoms with E-state index in [0.717, 1.165) is 12.8 Å². The van der Waals surface area contributed by atoms with Crippen molar-refractivity contribution < 1.29 is 24.2 Å². The summed E-state index contributed by atoms with van der Waals surface area (Å²) in [5, 5.41) is 9.23. The molecular weight excluding hydrogens is 322 g/mol. The number of carbonyl (C=O) groups is 2. The van der Waals surface area contributed by atoms with Crippen LogP contribution in [0.5, 0.6) is 11.5 Å². The number of aliphatic carboxylic acids is 1. The van der Waals surface area contributed by atoms with Gasteiger partial charge in [0.15, 0.2) is 11.5 Å². The highest BCUT2D eigenvalue weighted by Crippen LogP contribution is 2.31. The standard InChI is InChI=1S/C19H27NO5/c1-4-6-11-25-16-8-7-14(12-17(16)24-5-2)18(21)20-10-9-15(13(20)3)19(22)23/h7-8,12-13,15H,4-6,9-11H2,1-3H3,(H,22,23). The predicted molar refractivity (Wildman–Crippen MR) is 94.3 cm³/mol. The summed E-state index contributed by atoms with van der Waals surface area (Å²) in [6, 6.07) is 4.84. The predicted octanol–water partition coefficient (Wildman–Crippen LogP) is 3.20. The van der Waals surface area contributed by atoms with Crippen LogP contribution in [0.2, 0.25) is 0 Å². The Balaban J connectivity index is 2.17. The zero-order valence-corrected chi connectivity index (χ0v) is 15.2. The van der Waals surface area contributed by atoms with Crippen LogP contribution in [0, 0.1) is 5.92 Å². The van der Waals surface area contributed by atoms with Crippen LogP contribution < -0.4 is 9.47 Å². The first-order valence-electron chi connectivity index (χ1n) is 8.93. The fourth-order valence-electron chi connectivity index (χ4n) is 3.08. The summed E-state index contributed by atoms with van der Waals surface area (Å²) in [5.74, 6) is -0.349. The topological polar surface area (TPSA) is 76.1 Å². The molecule has 138 valence electrons. The van der Waals surface area contributed by atoms with Gasteiger partial charge in [-0.05, 0) is 44.9 Å². The maximum atomic E-state index is 12.8. The minimum absolute atomic E-state index is 0.169. The number of unbranched alkanes of at least 4 members (excludes halogenated alkanes) is 1. The number of nitrogens with zero attached hydrogens (tertiary/aromatic N) is 1. The maximum absolute atomic E-state index is 12.8. The first-order chi connectivity index (χ1) is 12.0. The molecule has 0 aliphatic carbocycles. The number of hydrogen-bond donors (Lipinski definition) is 1. The number of rotatable bonds is 8. The molecule has 6 heteroatoms. The maximum Gasteiger partial charge on any atom is 0.308 e. The summed E-state index contributed by atoms with van der Waals surface area (Å²) in [7, 11) is 0. The molecule has 1 aliphatic heterocycles. The van der Waals surface area contributed by atoms with Crippen LogP contribution in [-0.4, -0.2) is 47.7 Å². The van der Waals surface area contributed by atoms with E-state index in [1.807, 2.05) is 6.92 Å². The van der Waals surface area contributed by atoms with Gasteiger partial charge in [0, 0.05) is 18.2 Å². The Kier molecular flexibility index (Phi) is 6.67. The van der Waals surface area contributed by atoms with E-state index in [1.54, 1.807) is 30.0 Å². The molecule has 2 atom stereocenters. The van der Waals surface area contributed by atoms with Crippen LogP contribution in [-0.2, 0) is 4.79 Å². The molecule has 0 radical (unpaired) electrons. The Morgan fingerprint density at radius 2 is 2.00 bits per heavy atom. The third-order valence-corrected chi connectivity index (χ3v) is 4.58. The van der Waals surface area contributed by atoms with Gasteiger partial charge in [-0.15, -0.1) is 0 Å². The number of carbonyl (C=O) groups excluding carboxylic acids is 1. The van der Waals surface area contributed by atoms with Crippen molar-refractivity contribution >= 4 is 11.9 Å². The lowest BCUT2D eigenvalue weighted by Crippen LogP contribution is -2.37. The molecule has 1 aromatic carbocycles. The zero-order chi connectivity index (χ0) is 18.4. The molecular formula is C19H27NO5. The minimum Gasteiger partial charge on any atom is -0.490 e. The number of carboxylic acid groups (broad SMARTS) is 1. The number of carboxylic acids is 1. The van der Waals surface area contributed by atoms with Crippen LogP contribution >= 0.6 is 0 Å². The molecule has 1 fully saturated rings. The van der Waals surface area contributed by atoms with Crippen LogP contribution in [0.4, 0.5) is 0 Å². The van der Waals surface area contributed by atoms with E-state index in [0.29, 0.717) is 43.2 Å². The molecule has 0 spiro atoms. The molecule has 1 amide bonds. The van der Waals surface area contributed by atoms with Gasteiger partial charge < -0.3 is 19.5 Å². The molecule has 2 rings (SSSR count). The van der Waals surface area contributed by atoms with E-state index in [9.17, 15) is 14.7 Å². The molecule has 1 heterocycles. The van der Waals surface area contributed by atoms with Gasteiger partial charge in [-0.25, -0.2) is 0 Å². The van der Waals surface area contributed by atoms with Gasteiger partial charge in [-0.2, -0.15) is 0 Å². The summed E-state index contributed by atoms with van der Waals surface area (Å²) >= 11 is 0. The summed E-state index contributed by atoms with van der Waals surface area (Å²) in [6.07, 6.45) is 2.48. The van der Waals surface area contributed by atoms with Crippen LogP contribution in [0.1, 0.15) is 50.4 Å². The molecule has 1 aromatic rings. The molecule has 1 saturated heterocycles. The fraction of sp³-hybridized carbons (Fsp3) is 0.579. The van der Waals surface area contributed by atoms with Crippen molar-refractivity contribution in [3.8, 4) is 11.5 Å². The van der Waals surface area contributed by atoms with Gasteiger partial charge in [-0.3, -0.25) is 9.59 Å². The van der Waals surface area contributed by atoms with Crippen molar-refractivity contribution in [3.05, 3.63) is 23.8 Å². The number of likely N-dealkylation sites (tertiary alicyclic amines) is 1. The second-order valence-electron chi connectivity index (χ2n) is 6.27. The summed E-state index contributed by atoms with van der Waals surface area (Å²) in [5.41, 5.74) is 0.490. The van der Waals surface area contributed by atoms with Gasteiger partial charge >= 0.3 is 5.97 Å². The summed E-state index contributed by atoms with van der Waals surface area (Å²) in [6.45, 7) is 7.29. The third kappa shape index (κ3) is 4.44. The van der Waals surface area contributed by atoms with E-state index < -0.39 is 11.9 Å². The van der Waals surface area contributed by atoms with Gasteiger partial charge in [0.2, 0.25) is 0 Å². The number of hydrogen-bond acceptors (Lipinski definition) is 4. The molecule has 0 saturated carbocycles. The fourth-order valence-corrected chi connectivity index (χ4v) is 3.08. The molecule has 6 nitrogen and oxygen atoms in total. The van der Waals surface area contributed by atoms with E-state index in [-0.39, 0.29) is 11.9 Å². The van der Waals surface area contributed by atoms with Gasteiger partial charge in [-0.1, -0.05) is 13.3 Å². The van der Waals surface area contributed by atoms with Crippen LogP contribution in [0.15, 0.2) is 18.2 Å². The van der Waals surface area contributed by atoms with Crippen LogP contribution in [0.25, 0.3) is 0 Å². The lowest BCUT2D eigenvalue weighted by molar-refractivity contribution is -0.142. The van der Waals surface area contributed by atoms with E-state index in [1.165, 1.54) is 0 Å². The lowest BCUT2D eigenvalue weighted by Gasteiger charge is -2.24. The molecule has 1 aliphatic rings. The Morgan fingerprint density at radius 3 is 2.60 bits per heavy atom. The van der Waals surface area contributed by atoms with Crippen molar-refractivity contribution in [2.24, 2.45) is 5.92 Å². The lowest BCUT2D eigenvalue weighted by atomic mass is 10.0. The van der Waals surface area contributed by atoms with E-state index in [2.05, 4.69) is 6.92 Å². The third-order valence-electron chi connectivity index (χ3n) is 4.58. The molecule has 2 unspecified atom stereocenters. The minimum atomic E-state index is -0.850. The summed E-state index contributed by atoms with van der Waals surface area (Å²) in [4.78, 5) is 25.7. The second-order valence-corrected chi connectivity index (χ2v) is 6.27. The van der Waals surface area contributed by atoms with Crippen molar-refractivity contribution in [3.63, 3.8) is 0 Å². The number of benzene rings is 1. The largest absolute Gasteiger partial charge is 0.490 e.